The second kappa shape index (κ2) is 7.61. The molecule has 20 heavy (non-hydrogen) atoms. The van der Waals surface area contributed by atoms with E-state index in [0.717, 1.165) is 45.6 Å². The molecule has 7 heteroatoms. The van der Waals surface area contributed by atoms with Crippen molar-refractivity contribution in [3.8, 4) is 0 Å². The van der Waals surface area contributed by atoms with Gasteiger partial charge in [0.2, 0.25) is 0 Å². The number of H-pyrrole nitrogens is 1. The number of aromatic amines is 1. The molecule has 1 aliphatic rings. The summed E-state index contributed by atoms with van der Waals surface area (Å²) in [6.45, 7) is 4.40. The zero-order chi connectivity index (χ0) is 14.4. The van der Waals surface area contributed by atoms with Gasteiger partial charge in [-0.15, -0.1) is 0 Å². The van der Waals surface area contributed by atoms with E-state index in [1.54, 1.807) is 7.11 Å². The maximum atomic E-state index is 11.5. The lowest BCUT2D eigenvalue weighted by atomic mass is 9.97. The predicted molar refractivity (Wildman–Crippen MR) is 79.6 cm³/mol. The molecule has 0 aliphatic carbocycles. The van der Waals surface area contributed by atoms with Crippen LogP contribution >= 0.6 is 11.6 Å². The van der Waals surface area contributed by atoms with Gasteiger partial charge in [0.1, 0.15) is 5.02 Å². The van der Waals surface area contributed by atoms with E-state index in [1.807, 2.05) is 0 Å². The van der Waals surface area contributed by atoms with Gasteiger partial charge in [-0.25, -0.2) is 4.98 Å². The first kappa shape index (κ1) is 15.3. The van der Waals surface area contributed by atoms with Crippen LogP contribution in [0.3, 0.4) is 0 Å². The van der Waals surface area contributed by atoms with E-state index in [-0.39, 0.29) is 10.6 Å². The van der Waals surface area contributed by atoms with Crippen molar-refractivity contribution in [3.05, 3.63) is 21.7 Å². The van der Waals surface area contributed by atoms with Gasteiger partial charge in [-0.1, -0.05) is 11.6 Å². The molecule has 2 heterocycles. The first-order valence-electron chi connectivity index (χ1n) is 6.90. The quantitative estimate of drug-likeness (QED) is 0.763. The van der Waals surface area contributed by atoms with Crippen molar-refractivity contribution in [2.75, 3.05) is 44.8 Å². The van der Waals surface area contributed by atoms with Gasteiger partial charge in [0.25, 0.3) is 5.56 Å². The topological polar surface area (TPSA) is 70.2 Å². The molecule has 2 N–H and O–H groups in total. The van der Waals surface area contributed by atoms with E-state index in [0.29, 0.717) is 11.7 Å². The van der Waals surface area contributed by atoms with Crippen LogP contribution in [0.5, 0.6) is 0 Å². The zero-order valence-electron chi connectivity index (χ0n) is 11.7. The second-order valence-electron chi connectivity index (χ2n) is 5.00. The van der Waals surface area contributed by atoms with Gasteiger partial charge >= 0.3 is 0 Å². The van der Waals surface area contributed by atoms with E-state index in [1.165, 1.54) is 6.33 Å². The van der Waals surface area contributed by atoms with Gasteiger partial charge < -0.3 is 19.9 Å². The largest absolute Gasteiger partial charge is 0.383 e. The number of hydrogen-bond acceptors (Lipinski definition) is 5. The predicted octanol–water partition coefficient (Wildman–Crippen LogP) is 0.876. The van der Waals surface area contributed by atoms with Crippen LogP contribution in [0.2, 0.25) is 5.02 Å². The number of ether oxygens (including phenoxy) is 1. The van der Waals surface area contributed by atoms with Gasteiger partial charge in [-0.3, -0.25) is 4.79 Å². The highest BCUT2D eigenvalue weighted by Gasteiger charge is 2.22. The Morgan fingerprint density at radius 1 is 1.55 bits per heavy atom. The minimum Gasteiger partial charge on any atom is -0.383 e. The number of anilines is 1. The summed E-state index contributed by atoms with van der Waals surface area (Å²) in [5, 5.41) is 3.58. The van der Waals surface area contributed by atoms with Crippen molar-refractivity contribution >= 4 is 17.4 Å². The third kappa shape index (κ3) is 3.94. The van der Waals surface area contributed by atoms with Crippen LogP contribution in [0.1, 0.15) is 12.8 Å². The monoisotopic (exact) mass is 300 g/mol. The van der Waals surface area contributed by atoms with Crippen LogP contribution in [0.4, 0.5) is 5.82 Å². The summed E-state index contributed by atoms with van der Waals surface area (Å²) in [7, 11) is 1.71. The summed E-state index contributed by atoms with van der Waals surface area (Å²) < 4.78 is 5.00. The Morgan fingerprint density at radius 2 is 2.30 bits per heavy atom. The number of nitrogens with one attached hydrogen (secondary N) is 2. The molecule has 1 aromatic heterocycles. The summed E-state index contributed by atoms with van der Waals surface area (Å²) >= 11 is 6.01. The van der Waals surface area contributed by atoms with E-state index < -0.39 is 0 Å². The summed E-state index contributed by atoms with van der Waals surface area (Å²) in [4.78, 5) is 20.2. The lowest BCUT2D eigenvalue weighted by Gasteiger charge is -2.33. The van der Waals surface area contributed by atoms with Crippen molar-refractivity contribution in [1.29, 1.82) is 0 Å². The molecule has 2 rings (SSSR count). The molecule has 1 aromatic rings. The maximum absolute atomic E-state index is 11.5. The normalized spacial score (nSPS) is 16.6. The SMILES string of the molecule is COCCNCC1CCN(c2nc[nH]c(=O)c2Cl)CC1. The van der Waals surface area contributed by atoms with Crippen LogP contribution in [0.25, 0.3) is 0 Å². The van der Waals surface area contributed by atoms with Crippen molar-refractivity contribution in [1.82, 2.24) is 15.3 Å². The standard InChI is InChI=1S/C13H21ClN4O2/c1-20-7-4-15-8-10-2-5-18(6-3-10)12-11(14)13(19)17-9-16-12/h9-10,15H,2-8H2,1H3,(H,16,17,19). The Morgan fingerprint density at radius 3 is 3.00 bits per heavy atom. The fourth-order valence-corrected chi connectivity index (χ4v) is 2.65. The molecule has 0 spiro atoms. The molecular formula is C13H21ClN4O2. The molecular weight excluding hydrogens is 280 g/mol. The Bertz CT molecular complexity index is 472. The fourth-order valence-electron chi connectivity index (χ4n) is 2.42. The molecule has 0 unspecified atom stereocenters. The third-order valence-electron chi connectivity index (χ3n) is 3.61. The van der Waals surface area contributed by atoms with E-state index in [4.69, 9.17) is 16.3 Å². The van der Waals surface area contributed by atoms with E-state index in [9.17, 15) is 4.79 Å². The molecule has 0 atom stereocenters. The molecule has 1 aliphatic heterocycles. The highest BCUT2D eigenvalue weighted by molar-refractivity contribution is 6.32. The van der Waals surface area contributed by atoms with Crippen molar-refractivity contribution in [3.63, 3.8) is 0 Å². The van der Waals surface area contributed by atoms with E-state index in [2.05, 4.69) is 20.2 Å². The average Bonchev–Trinajstić information content (AvgIpc) is 2.47. The molecule has 112 valence electrons. The zero-order valence-corrected chi connectivity index (χ0v) is 12.4. The third-order valence-corrected chi connectivity index (χ3v) is 3.95. The summed E-state index contributed by atoms with van der Waals surface area (Å²) in [6.07, 6.45) is 3.55. The van der Waals surface area contributed by atoms with Gasteiger partial charge in [0.15, 0.2) is 5.82 Å². The summed E-state index contributed by atoms with van der Waals surface area (Å²) in [5.74, 6) is 1.25. The van der Waals surface area contributed by atoms with Crippen LogP contribution in [-0.2, 0) is 4.74 Å². The summed E-state index contributed by atoms with van der Waals surface area (Å²) in [5.41, 5.74) is -0.278. The average molecular weight is 301 g/mol. The van der Waals surface area contributed by atoms with E-state index >= 15 is 0 Å². The van der Waals surface area contributed by atoms with Crippen molar-refractivity contribution in [2.45, 2.75) is 12.8 Å². The van der Waals surface area contributed by atoms with Crippen molar-refractivity contribution < 1.29 is 4.74 Å². The number of rotatable bonds is 6. The minimum absolute atomic E-state index is 0.184. The van der Waals surface area contributed by atoms with Gasteiger partial charge in [0, 0.05) is 26.7 Å². The number of nitrogens with zero attached hydrogens (tertiary/aromatic N) is 2. The Hall–Kier alpha value is -1.11. The fraction of sp³-hybridized carbons (Fsp3) is 0.692. The molecule has 1 saturated heterocycles. The Labute approximate surface area is 123 Å². The number of piperidine rings is 1. The van der Waals surface area contributed by atoms with Gasteiger partial charge in [-0.2, -0.15) is 0 Å². The molecule has 1 fully saturated rings. The molecule has 0 saturated carbocycles. The lowest BCUT2D eigenvalue weighted by Crippen LogP contribution is -2.38. The van der Waals surface area contributed by atoms with Crippen LogP contribution in [0.15, 0.2) is 11.1 Å². The van der Waals surface area contributed by atoms with Crippen molar-refractivity contribution in [2.24, 2.45) is 5.92 Å². The molecule has 0 radical (unpaired) electrons. The highest BCUT2D eigenvalue weighted by Crippen LogP contribution is 2.24. The van der Waals surface area contributed by atoms with Crippen LogP contribution < -0.4 is 15.8 Å². The molecule has 6 nitrogen and oxygen atoms in total. The van der Waals surface area contributed by atoms with Crippen LogP contribution in [0, 0.1) is 5.92 Å². The number of halogens is 1. The maximum Gasteiger partial charge on any atom is 0.271 e. The Kier molecular flexibility index (Phi) is 5.82. The number of methoxy groups -OCH3 is 1. The molecule has 0 bridgehead atoms. The first-order chi connectivity index (χ1) is 9.72. The second-order valence-corrected chi connectivity index (χ2v) is 5.37. The van der Waals surface area contributed by atoms with Gasteiger partial charge in [0.05, 0.1) is 12.9 Å². The van der Waals surface area contributed by atoms with Crippen LogP contribution in [-0.4, -0.2) is 49.9 Å². The number of aromatic nitrogens is 2. The smallest absolute Gasteiger partial charge is 0.271 e. The first-order valence-corrected chi connectivity index (χ1v) is 7.28. The van der Waals surface area contributed by atoms with Gasteiger partial charge in [-0.05, 0) is 25.3 Å². The summed E-state index contributed by atoms with van der Waals surface area (Å²) in [6, 6.07) is 0. The number of hydrogen-bond donors (Lipinski definition) is 2. The molecule has 0 amide bonds. The highest BCUT2D eigenvalue weighted by atomic mass is 35.5. The Balaban J connectivity index is 1.82. The lowest BCUT2D eigenvalue weighted by molar-refractivity contribution is 0.196. The molecule has 0 aromatic carbocycles. The minimum atomic E-state index is -0.278.